The lowest BCUT2D eigenvalue weighted by atomic mass is 10.0. The predicted molar refractivity (Wildman–Crippen MR) is 76.7 cm³/mol. The molecule has 0 aliphatic heterocycles. The molecule has 2 aromatic carbocycles. The Morgan fingerprint density at radius 1 is 1.00 bits per heavy atom. The molecule has 1 aliphatic carbocycles. The van der Waals surface area contributed by atoms with Crippen molar-refractivity contribution < 1.29 is 8.78 Å². The van der Waals surface area contributed by atoms with Gasteiger partial charge < -0.3 is 5.32 Å². The van der Waals surface area contributed by atoms with Crippen molar-refractivity contribution in [3.8, 4) is 11.1 Å². The average molecular weight is 294 g/mol. The van der Waals surface area contributed by atoms with Crippen LogP contribution in [0.4, 0.5) is 8.78 Å². The number of halogens is 3. The van der Waals surface area contributed by atoms with Crippen LogP contribution in [0, 0.1) is 11.6 Å². The Morgan fingerprint density at radius 3 is 2.50 bits per heavy atom. The molecule has 3 rings (SSSR count). The van der Waals surface area contributed by atoms with Crippen LogP contribution in [0.3, 0.4) is 0 Å². The number of benzene rings is 2. The molecule has 0 aromatic heterocycles. The van der Waals surface area contributed by atoms with Gasteiger partial charge in [0.05, 0.1) is 0 Å². The first-order valence-electron chi connectivity index (χ1n) is 6.61. The summed E-state index contributed by atoms with van der Waals surface area (Å²) in [7, 11) is 0. The minimum atomic E-state index is -0.510. The van der Waals surface area contributed by atoms with Crippen LogP contribution >= 0.6 is 11.6 Å². The molecule has 0 saturated heterocycles. The maximum atomic E-state index is 13.9. The van der Waals surface area contributed by atoms with Crippen molar-refractivity contribution in [3.05, 3.63) is 58.6 Å². The van der Waals surface area contributed by atoms with E-state index < -0.39 is 11.6 Å². The molecular weight excluding hydrogens is 280 g/mol. The molecule has 2 aromatic rings. The number of hydrogen-bond donors (Lipinski definition) is 1. The summed E-state index contributed by atoms with van der Waals surface area (Å²) in [6.07, 6.45) is 2.39. The second-order valence-electron chi connectivity index (χ2n) is 5.09. The van der Waals surface area contributed by atoms with E-state index in [-0.39, 0.29) is 11.1 Å². The Morgan fingerprint density at radius 2 is 1.80 bits per heavy atom. The molecule has 0 amide bonds. The molecule has 0 heterocycles. The molecule has 1 nitrogen and oxygen atoms in total. The summed E-state index contributed by atoms with van der Waals surface area (Å²) < 4.78 is 27.8. The zero-order valence-electron chi connectivity index (χ0n) is 10.8. The third-order valence-corrected chi connectivity index (χ3v) is 3.66. The highest BCUT2D eigenvalue weighted by Gasteiger charge is 2.20. The van der Waals surface area contributed by atoms with Crippen LogP contribution in [0.15, 0.2) is 36.4 Å². The molecule has 1 fully saturated rings. The van der Waals surface area contributed by atoms with E-state index in [0.29, 0.717) is 17.6 Å². The Balaban J connectivity index is 1.92. The summed E-state index contributed by atoms with van der Waals surface area (Å²) in [5, 5.41) is 3.66. The van der Waals surface area contributed by atoms with E-state index in [4.69, 9.17) is 11.6 Å². The third-order valence-electron chi connectivity index (χ3n) is 3.42. The number of rotatable bonds is 4. The summed E-state index contributed by atoms with van der Waals surface area (Å²) in [6.45, 7) is 0.674. The molecule has 20 heavy (non-hydrogen) atoms. The van der Waals surface area contributed by atoms with Gasteiger partial charge in [-0.3, -0.25) is 0 Å². The molecule has 1 saturated carbocycles. The van der Waals surface area contributed by atoms with Crippen LogP contribution in [0.2, 0.25) is 5.02 Å². The van der Waals surface area contributed by atoms with Crippen LogP contribution in [0.5, 0.6) is 0 Å². The van der Waals surface area contributed by atoms with Gasteiger partial charge in [-0.15, -0.1) is 0 Å². The molecular formula is C16H14ClF2N. The zero-order chi connectivity index (χ0) is 14.1. The lowest BCUT2D eigenvalue weighted by Crippen LogP contribution is -2.15. The van der Waals surface area contributed by atoms with Gasteiger partial charge >= 0.3 is 0 Å². The molecule has 0 spiro atoms. The van der Waals surface area contributed by atoms with Crippen molar-refractivity contribution in [2.45, 2.75) is 25.4 Å². The Labute approximate surface area is 121 Å². The van der Waals surface area contributed by atoms with Gasteiger partial charge in [-0.25, -0.2) is 8.78 Å². The van der Waals surface area contributed by atoms with E-state index in [1.165, 1.54) is 31.0 Å². The summed E-state index contributed by atoms with van der Waals surface area (Å²) in [4.78, 5) is 0. The summed E-state index contributed by atoms with van der Waals surface area (Å²) in [6, 6.07) is 9.65. The van der Waals surface area contributed by atoms with Crippen molar-refractivity contribution in [2.24, 2.45) is 0 Å². The minimum absolute atomic E-state index is 0.236. The van der Waals surface area contributed by atoms with E-state index in [9.17, 15) is 8.78 Å². The predicted octanol–water partition coefficient (Wildman–Crippen LogP) is 4.54. The van der Waals surface area contributed by atoms with Crippen molar-refractivity contribution in [3.63, 3.8) is 0 Å². The highest BCUT2D eigenvalue weighted by Crippen LogP contribution is 2.29. The average Bonchev–Trinajstić information content (AvgIpc) is 3.22. The SMILES string of the molecule is Fc1cc(Cl)ccc1-c1cc(CNC2CC2)ccc1F. The third kappa shape index (κ3) is 3.00. The fourth-order valence-electron chi connectivity index (χ4n) is 2.15. The van der Waals surface area contributed by atoms with Crippen molar-refractivity contribution in [1.82, 2.24) is 5.32 Å². The number of nitrogens with one attached hydrogen (secondary N) is 1. The maximum absolute atomic E-state index is 13.9. The van der Waals surface area contributed by atoms with Crippen molar-refractivity contribution in [2.75, 3.05) is 0 Å². The largest absolute Gasteiger partial charge is 0.310 e. The smallest absolute Gasteiger partial charge is 0.132 e. The van der Waals surface area contributed by atoms with Crippen LogP contribution in [-0.2, 0) is 6.54 Å². The van der Waals surface area contributed by atoms with Crippen LogP contribution in [0.1, 0.15) is 18.4 Å². The summed E-state index contributed by atoms with van der Waals surface area (Å²) in [5.41, 5.74) is 1.46. The lowest BCUT2D eigenvalue weighted by Gasteiger charge is -2.09. The molecule has 0 radical (unpaired) electrons. The van der Waals surface area contributed by atoms with Crippen molar-refractivity contribution >= 4 is 11.6 Å². The highest BCUT2D eigenvalue weighted by molar-refractivity contribution is 6.30. The van der Waals surface area contributed by atoms with E-state index in [0.717, 1.165) is 5.56 Å². The fourth-order valence-corrected chi connectivity index (χ4v) is 2.31. The Kier molecular flexibility index (Phi) is 3.72. The number of hydrogen-bond acceptors (Lipinski definition) is 1. The summed E-state index contributed by atoms with van der Waals surface area (Å²) >= 11 is 5.72. The van der Waals surface area contributed by atoms with Crippen LogP contribution in [-0.4, -0.2) is 6.04 Å². The van der Waals surface area contributed by atoms with Gasteiger partial charge in [-0.05, 0) is 48.7 Å². The molecule has 1 aliphatic rings. The lowest BCUT2D eigenvalue weighted by molar-refractivity contribution is 0.614. The van der Waals surface area contributed by atoms with Gasteiger partial charge in [0.25, 0.3) is 0 Å². The second kappa shape index (κ2) is 5.51. The van der Waals surface area contributed by atoms with E-state index >= 15 is 0 Å². The van der Waals surface area contributed by atoms with Gasteiger partial charge in [0, 0.05) is 28.7 Å². The van der Waals surface area contributed by atoms with E-state index in [2.05, 4.69) is 5.32 Å². The first kappa shape index (κ1) is 13.5. The van der Waals surface area contributed by atoms with Crippen LogP contribution < -0.4 is 5.32 Å². The normalized spacial score (nSPS) is 14.6. The van der Waals surface area contributed by atoms with Gasteiger partial charge in [0.15, 0.2) is 0 Å². The fraction of sp³-hybridized carbons (Fsp3) is 0.250. The molecule has 0 atom stereocenters. The maximum Gasteiger partial charge on any atom is 0.132 e. The minimum Gasteiger partial charge on any atom is -0.310 e. The van der Waals surface area contributed by atoms with Gasteiger partial charge in [-0.2, -0.15) is 0 Å². The van der Waals surface area contributed by atoms with Crippen LogP contribution in [0.25, 0.3) is 11.1 Å². The molecule has 0 unspecified atom stereocenters. The highest BCUT2D eigenvalue weighted by atomic mass is 35.5. The van der Waals surface area contributed by atoms with E-state index in [1.54, 1.807) is 18.2 Å². The molecule has 104 valence electrons. The monoisotopic (exact) mass is 293 g/mol. The topological polar surface area (TPSA) is 12.0 Å². The first-order chi connectivity index (χ1) is 9.63. The van der Waals surface area contributed by atoms with Gasteiger partial charge in [0.2, 0.25) is 0 Å². The molecule has 4 heteroatoms. The second-order valence-corrected chi connectivity index (χ2v) is 5.53. The first-order valence-corrected chi connectivity index (χ1v) is 6.98. The molecule has 1 N–H and O–H groups in total. The summed E-state index contributed by atoms with van der Waals surface area (Å²) in [5.74, 6) is -0.940. The Hall–Kier alpha value is -1.45. The quantitative estimate of drug-likeness (QED) is 0.873. The van der Waals surface area contributed by atoms with Gasteiger partial charge in [-0.1, -0.05) is 17.7 Å². The van der Waals surface area contributed by atoms with Gasteiger partial charge in [0.1, 0.15) is 11.6 Å². The standard InChI is InChI=1S/C16H14ClF2N/c17-11-2-5-13(16(19)8-11)14-7-10(1-6-15(14)18)9-20-12-3-4-12/h1-2,5-8,12,20H,3-4,9H2. The zero-order valence-corrected chi connectivity index (χ0v) is 11.6. The van der Waals surface area contributed by atoms with Crippen molar-refractivity contribution in [1.29, 1.82) is 0 Å². The Bertz CT molecular complexity index is 638. The molecule has 0 bridgehead atoms. The van der Waals surface area contributed by atoms with E-state index in [1.807, 2.05) is 0 Å².